The van der Waals surface area contributed by atoms with Gasteiger partial charge in [0.05, 0.1) is 17.0 Å². The molecule has 3 N–H and O–H groups in total. The predicted molar refractivity (Wildman–Crippen MR) is 103 cm³/mol. The third kappa shape index (κ3) is 4.31. The van der Waals surface area contributed by atoms with Gasteiger partial charge in [0.2, 0.25) is 5.95 Å². The van der Waals surface area contributed by atoms with Gasteiger partial charge in [-0.15, -0.1) is 0 Å². The van der Waals surface area contributed by atoms with Crippen molar-refractivity contribution in [1.82, 2.24) is 15.3 Å². The van der Waals surface area contributed by atoms with Gasteiger partial charge >= 0.3 is 0 Å². The number of aryl methyl sites for hydroxylation is 1. The number of nitrogens with zero attached hydrogens (tertiary/aromatic N) is 2. The normalized spacial score (nSPS) is 13.1. The van der Waals surface area contributed by atoms with Gasteiger partial charge in [0.1, 0.15) is 11.9 Å². The smallest absolute Gasteiger partial charge is 0.255 e. The van der Waals surface area contributed by atoms with Crippen LogP contribution in [0.5, 0.6) is 5.75 Å². The van der Waals surface area contributed by atoms with E-state index in [4.69, 9.17) is 10.5 Å². The predicted octanol–water partition coefficient (Wildman–Crippen LogP) is 3.77. The van der Waals surface area contributed by atoms with Gasteiger partial charge in [-0.05, 0) is 44.7 Å². The van der Waals surface area contributed by atoms with E-state index in [1.807, 2.05) is 32.0 Å². The van der Waals surface area contributed by atoms with E-state index in [0.717, 1.165) is 17.7 Å². The van der Waals surface area contributed by atoms with Crippen molar-refractivity contribution in [2.45, 2.75) is 53.1 Å². The zero-order valence-electron chi connectivity index (χ0n) is 16.2. The van der Waals surface area contributed by atoms with Crippen LogP contribution in [0.4, 0.5) is 5.95 Å². The summed E-state index contributed by atoms with van der Waals surface area (Å²) in [7, 11) is 0. The van der Waals surface area contributed by atoms with Gasteiger partial charge < -0.3 is 15.8 Å². The summed E-state index contributed by atoms with van der Waals surface area (Å²) in [6, 6.07) is 7.96. The molecule has 140 valence electrons. The van der Waals surface area contributed by atoms with Crippen LogP contribution in [-0.4, -0.2) is 22.4 Å². The van der Waals surface area contributed by atoms with E-state index in [1.165, 1.54) is 0 Å². The summed E-state index contributed by atoms with van der Waals surface area (Å²) in [4.78, 5) is 20.9. The number of nitrogens with two attached hydrogens (primary N) is 1. The van der Waals surface area contributed by atoms with E-state index in [2.05, 4.69) is 35.2 Å². The molecule has 1 heterocycles. The zero-order valence-corrected chi connectivity index (χ0v) is 16.2. The first-order chi connectivity index (χ1) is 12.4. The molecular weight excluding hydrogens is 328 g/mol. The van der Waals surface area contributed by atoms with Crippen molar-refractivity contribution in [3.63, 3.8) is 0 Å². The van der Waals surface area contributed by atoms with E-state index >= 15 is 0 Å². The van der Waals surface area contributed by atoms with Crippen LogP contribution in [0.15, 0.2) is 24.3 Å². The van der Waals surface area contributed by atoms with E-state index in [-0.39, 0.29) is 11.9 Å². The molecule has 1 aromatic carbocycles. The highest BCUT2D eigenvalue weighted by molar-refractivity contribution is 5.96. The Kier molecular flexibility index (Phi) is 6.55. The van der Waals surface area contributed by atoms with Crippen molar-refractivity contribution >= 4 is 11.9 Å². The Morgan fingerprint density at radius 2 is 1.92 bits per heavy atom. The summed E-state index contributed by atoms with van der Waals surface area (Å²) in [6.45, 7) is 10.3. The number of hydrogen-bond acceptors (Lipinski definition) is 5. The van der Waals surface area contributed by atoms with Crippen LogP contribution in [0, 0.1) is 6.92 Å². The fraction of sp³-hybridized carbons (Fsp3) is 0.450. The molecular formula is C20H28N4O2. The topological polar surface area (TPSA) is 90.1 Å². The van der Waals surface area contributed by atoms with Crippen molar-refractivity contribution in [2.75, 3.05) is 12.3 Å². The van der Waals surface area contributed by atoms with Gasteiger partial charge in [0.15, 0.2) is 0 Å². The molecule has 0 aliphatic carbocycles. The highest BCUT2D eigenvalue weighted by Gasteiger charge is 2.24. The van der Waals surface area contributed by atoms with Crippen LogP contribution in [0.3, 0.4) is 0 Å². The summed E-state index contributed by atoms with van der Waals surface area (Å²) >= 11 is 0. The van der Waals surface area contributed by atoms with Crippen molar-refractivity contribution in [3.05, 3.63) is 46.8 Å². The molecule has 1 amide bonds. The van der Waals surface area contributed by atoms with Crippen molar-refractivity contribution in [3.8, 4) is 5.75 Å². The third-order valence-corrected chi connectivity index (χ3v) is 4.45. The third-order valence-electron chi connectivity index (χ3n) is 4.45. The highest BCUT2D eigenvalue weighted by atomic mass is 16.5. The van der Waals surface area contributed by atoms with Gasteiger partial charge in [-0.25, -0.2) is 9.97 Å². The number of carbonyl (C=O) groups is 1. The Morgan fingerprint density at radius 1 is 1.23 bits per heavy atom. The van der Waals surface area contributed by atoms with Crippen LogP contribution < -0.4 is 15.8 Å². The van der Waals surface area contributed by atoms with Crippen LogP contribution in [0.1, 0.15) is 73.4 Å². The quantitative estimate of drug-likeness (QED) is 0.788. The maximum atomic E-state index is 12.5. The second-order valence-corrected chi connectivity index (χ2v) is 6.39. The molecule has 0 radical (unpaired) electrons. The Labute approximate surface area is 155 Å². The largest absolute Gasteiger partial charge is 0.484 e. The number of amides is 1. The molecule has 6 nitrogen and oxygen atoms in total. The van der Waals surface area contributed by atoms with Crippen LogP contribution in [0.25, 0.3) is 0 Å². The second-order valence-electron chi connectivity index (χ2n) is 6.39. The monoisotopic (exact) mass is 356 g/mol. The molecule has 0 fully saturated rings. The molecule has 0 aliphatic heterocycles. The molecule has 2 atom stereocenters. The van der Waals surface area contributed by atoms with Gasteiger partial charge in [0.25, 0.3) is 5.91 Å². The molecule has 6 heteroatoms. The Hall–Kier alpha value is -2.63. The molecule has 0 aliphatic rings. The van der Waals surface area contributed by atoms with Gasteiger partial charge in [-0.1, -0.05) is 32.0 Å². The number of nitrogens with one attached hydrogen (secondary N) is 1. The maximum Gasteiger partial charge on any atom is 0.255 e. The van der Waals surface area contributed by atoms with E-state index in [9.17, 15) is 4.79 Å². The number of anilines is 1. The first-order valence-corrected chi connectivity index (χ1v) is 9.06. The zero-order chi connectivity index (χ0) is 19.3. The van der Waals surface area contributed by atoms with Gasteiger partial charge in [0, 0.05) is 6.54 Å². The van der Waals surface area contributed by atoms with Crippen molar-refractivity contribution < 1.29 is 9.53 Å². The summed E-state index contributed by atoms with van der Waals surface area (Å²) in [5.74, 6) is 1.09. The summed E-state index contributed by atoms with van der Waals surface area (Å²) in [5, 5.41) is 2.80. The molecule has 0 saturated carbocycles. The maximum absolute atomic E-state index is 12.5. The summed E-state index contributed by atoms with van der Waals surface area (Å²) in [5.41, 5.74) is 8.43. The van der Waals surface area contributed by atoms with Gasteiger partial charge in [-0.3, -0.25) is 4.79 Å². The highest BCUT2D eigenvalue weighted by Crippen LogP contribution is 2.32. The average molecular weight is 356 g/mol. The minimum Gasteiger partial charge on any atom is -0.484 e. The number of nitrogen functional groups attached to an aromatic ring is 1. The Balaban J connectivity index is 2.42. The number of rotatable bonds is 7. The number of benzene rings is 1. The lowest BCUT2D eigenvalue weighted by Crippen LogP contribution is -2.27. The fourth-order valence-electron chi connectivity index (χ4n) is 2.90. The standard InChI is InChI=1S/C20H28N4O2/c1-6-12(3)15-10-8-9-11-16(15)26-14(5)18-17(19(25)22-7-2)13(4)23-20(21)24-18/h8-12,14H,6-7H2,1-5H3,(H,22,25)(H2,21,23,24). The van der Waals surface area contributed by atoms with E-state index < -0.39 is 6.10 Å². The molecule has 2 unspecified atom stereocenters. The molecule has 1 aromatic heterocycles. The number of aromatic nitrogens is 2. The number of ether oxygens (including phenoxy) is 1. The molecule has 2 rings (SSSR count). The minimum atomic E-state index is -0.443. The molecule has 0 spiro atoms. The lowest BCUT2D eigenvalue weighted by atomic mass is 9.97. The van der Waals surface area contributed by atoms with Crippen LogP contribution in [-0.2, 0) is 0 Å². The van der Waals surface area contributed by atoms with E-state index in [0.29, 0.717) is 29.4 Å². The number of para-hydroxylation sites is 1. The van der Waals surface area contributed by atoms with Crippen LogP contribution in [0.2, 0.25) is 0 Å². The number of carbonyl (C=O) groups excluding carboxylic acids is 1. The lowest BCUT2D eigenvalue weighted by molar-refractivity contribution is 0.0948. The van der Waals surface area contributed by atoms with E-state index in [1.54, 1.807) is 6.92 Å². The molecule has 0 saturated heterocycles. The SMILES string of the molecule is CCNC(=O)c1c(C)nc(N)nc1C(C)Oc1ccccc1C(C)CC. The molecule has 26 heavy (non-hydrogen) atoms. The Morgan fingerprint density at radius 3 is 2.58 bits per heavy atom. The number of hydrogen-bond donors (Lipinski definition) is 2. The first kappa shape index (κ1) is 19.7. The molecule has 2 aromatic rings. The van der Waals surface area contributed by atoms with Crippen molar-refractivity contribution in [2.24, 2.45) is 0 Å². The molecule has 0 bridgehead atoms. The average Bonchev–Trinajstić information content (AvgIpc) is 2.60. The van der Waals surface area contributed by atoms with Gasteiger partial charge in [-0.2, -0.15) is 0 Å². The fourth-order valence-corrected chi connectivity index (χ4v) is 2.90. The van der Waals surface area contributed by atoms with Crippen LogP contribution >= 0.6 is 0 Å². The second kappa shape index (κ2) is 8.65. The summed E-state index contributed by atoms with van der Waals surface area (Å²) in [6.07, 6.45) is 0.570. The minimum absolute atomic E-state index is 0.135. The lowest BCUT2D eigenvalue weighted by Gasteiger charge is -2.22. The first-order valence-electron chi connectivity index (χ1n) is 9.06. The summed E-state index contributed by atoms with van der Waals surface area (Å²) < 4.78 is 6.21. The Bertz CT molecular complexity index is 776. The van der Waals surface area contributed by atoms with Crippen molar-refractivity contribution in [1.29, 1.82) is 0 Å².